The molecule has 3 nitrogen and oxygen atoms in total. The molecule has 0 heterocycles. The van der Waals surface area contributed by atoms with Crippen molar-refractivity contribution in [1.82, 2.24) is 0 Å². The Labute approximate surface area is 99.4 Å². The van der Waals surface area contributed by atoms with E-state index in [9.17, 15) is 26.3 Å². The van der Waals surface area contributed by atoms with Crippen LogP contribution >= 0.6 is 0 Å². The van der Waals surface area contributed by atoms with Gasteiger partial charge in [0.1, 0.15) is 6.61 Å². The summed E-state index contributed by atoms with van der Waals surface area (Å²) in [7, 11) is 0. The highest BCUT2D eigenvalue weighted by molar-refractivity contribution is 4.97. The molecule has 18 heavy (non-hydrogen) atoms. The quantitative estimate of drug-likeness (QED) is 0.407. The van der Waals surface area contributed by atoms with Gasteiger partial charge in [0.2, 0.25) is 6.29 Å². The van der Waals surface area contributed by atoms with E-state index in [0.717, 1.165) is 0 Å². The molecule has 2 N–H and O–H groups in total. The number of aliphatic hydroxyl groups excluding tert-OH is 1. The third-order valence-corrected chi connectivity index (χ3v) is 2.13. The van der Waals surface area contributed by atoms with E-state index in [1.807, 2.05) is 0 Å². The van der Waals surface area contributed by atoms with E-state index in [0.29, 0.717) is 12.8 Å². The molecule has 0 radical (unpaired) electrons. The van der Waals surface area contributed by atoms with Crippen molar-refractivity contribution in [3.63, 3.8) is 0 Å². The van der Waals surface area contributed by atoms with Crippen molar-refractivity contribution in [2.24, 2.45) is 0 Å². The van der Waals surface area contributed by atoms with Crippen LogP contribution in [0, 0.1) is 0 Å². The van der Waals surface area contributed by atoms with Crippen LogP contribution in [0.1, 0.15) is 19.8 Å². The topological polar surface area (TPSA) is 49.7 Å². The lowest BCUT2D eigenvalue weighted by Crippen LogP contribution is -2.60. The molecule has 0 rings (SSSR count). The van der Waals surface area contributed by atoms with Gasteiger partial charge in [-0.2, -0.15) is 26.3 Å². The summed E-state index contributed by atoms with van der Waals surface area (Å²) in [6.45, 7) is -0.524. The summed E-state index contributed by atoms with van der Waals surface area (Å²) in [5.74, 6) is -16.8. The zero-order valence-electron chi connectivity index (χ0n) is 9.48. The van der Waals surface area contributed by atoms with Crippen molar-refractivity contribution in [2.75, 3.05) is 13.2 Å². The van der Waals surface area contributed by atoms with E-state index in [1.165, 1.54) is 0 Å². The lowest BCUT2D eigenvalue weighted by atomic mass is 10.0. The smallest absolute Gasteiger partial charge is 0.375 e. The predicted molar refractivity (Wildman–Crippen MR) is 48.8 cm³/mol. The van der Waals surface area contributed by atoms with Gasteiger partial charge in [0.15, 0.2) is 0 Å². The lowest BCUT2D eigenvalue weighted by Gasteiger charge is -2.33. The Kier molecular flexibility index (Phi) is 5.89. The molecule has 0 bridgehead atoms. The van der Waals surface area contributed by atoms with Gasteiger partial charge in [-0.05, 0) is 6.42 Å². The van der Waals surface area contributed by atoms with Crippen LogP contribution in [0.25, 0.3) is 0 Å². The van der Waals surface area contributed by atoms with Gasteiger partial charge in [0.05, 0.1) is 0 Å². The molecule has 0 saturated heterocycles. The van der Waals surface area contributed by atoms with Crippen LogP contribution in [0.4, 0.5) is 26.3 Å². The first-order chi connectivity index (χ1) is 8.00. The fourth-order valence-corrected chi connectivity index (χ4v) is 0.943. The molecule has 0 aromatic heterocycles. The molecular weight excluding hydrogens is 270 g/mol. The minimum atomic E-state index is -5.93. The molecule has 0 aromatic rings. The Morgan fingerprint density at radius 2 is 1.56 bits per heavy atom. The van der Waals surface area contributed by atoms with E-state index >= 15 is 0 Å². The average Bonchev–Trinajstić information content (AvgIpc) is 2.23. The first kappa shape index (κ1) is 17.5. The van der Waals surface area contributed by atoms with Crippen LogP contribution in [0.3, 0.4) is 0 Å². The number of unbranched alkanes of at least 4 members (excludes halogenated alkanes) is 1. The van der Waals surface area contributed by atoms with Crippen molar-refractivity contribution in [3.05, 3.63) is 0 Å². The summed E-state index contributed by atoms with van der Waals surface area (Å²) in [5.41, 5.74) is 0. The second-order valence-corrected chi connectivity index (χ2v) is 3.68. The minimum Gasteiger partial charge on any atom is -0.375 e. The van der Waals surface area contributed by atoms with Gasteiger partial charge in [0, 0.05) is 6.61 Å². The molecule has 110 valence electrons. The number of ether oxygens (including phenoxy) is 1. The summed E-state index contributed by atoms with van der Waals surface area (Å²) < 4.78 is 80.9. The van der Waals surface area contributed by atoms with Gasteiger partial charge in [-0.3, -0.25) is 0 Å². The largest absolute Gasteiger partial charge is 0.379 e. The van der Waals surface area contributed by atoms with Gasteiger partial charge in [-0.25, -0.2) is 0 Å². The van der Waals surface area contributed by atoms with Crippen LogP contribution in [-0.4, -0.2) is 47.5 Å². The van der Waals surface area contributed by atoms with Crippen molar-refractivity contribution in [3.8, 4) is 0 Å². The normalized spacial score (nSPS) is 14.3. The van der Waals surface area contributed by atoms with Crippen LogP contribution in [0.5, 0.6) is 0 Å². The fourth-order valence-electron chi connectivity index (χ4n) is 0.943. The first-order valence-electron chi connectivity index (χ1n) is 5.08. The summed E-state index contributed by atoms with van der Waals surface area (Å²) in [6, 6.07) is 0. The second kappa shape index (κ2) is 6.07. The number of alkyl halides is 6. The van der Waals surface area contributed by atoms with Crippen LogP contribution in [0.2, 0.25) is 0 Å². The predicted octanol–water partition coefficient (Wildman–Crippen LogP) is 2.02. The van der Waals surface area contributed by atoms with E-state index in [4.69, 9.17) is 10.2 Å². The van der Waals surface area contributed by atoms with Gasteiger partial charge in [-0.15, -0.1) is 0 Å². The average molecular weight is 284 g/mol. The van der Waals surface area contributed by atoms with Crippen molar-refractivity contribution in [1.29, 1.82) is 0 Å². The summed E-state index contributed by atoms with van der Waals surface area (Å²) in [4.78, 5) is 0. The Morgan fingerprint density at radius 3 is 1.94 bits per heavy atom. The highest BCUT2D eigenvalue weighted by Crippen LogP contribution is 2.47. The minimum absolute atomic E-state index is 0.282. The van der Waals surface area contributed by atoms with Crippen LogP contribution in [-0.2, 0) is 4.74 Å². The summed E-state index contributed by atoms with van der Waals surface area (Å²) in [5, 5.41) is 16.1. The molecular formula is C9H14F6O3. The summed E-state index contributed by atoms with van der Waals surface area (Å²) in [6.07, 6.45) is -3.04. The van der Waals surface area contributed by atoms with Gasteiger partial charge in [0.25, 0.3) is 0 Å². The molecule has 0 atom stereocenters. The van der Waals surface area contributed by atoms with Crippen molar-refractivity contribution < 1.29 is 41.3 Å². The van der Waals surface area contributed by atoms with Crippen molar-refractivity contribution >= 4 is 0 Å². The number of hydrogen-bond acceptors (Lipinski definition) is 3. The molecule has 0 fully saturated rings. The van der Waals surface area contributed by atoms with E-state index in [1.54, 1.807) is 6.92 Å². The molecule has 9 heteroatoms. The van der Waals surface area contributed by atoms with E-state index in [2.05, 4.69) is 4.74 Å². The SMILES string of the molecule is CCCCOCC(F)(F)C(F)(F)C(F)(F)C(O)O. The number of aliphatic hydroxyl groups is 2. The maximum Gasteiger partial charge on any atom is 0.379 e. The Morgan fingerprint density at radius 1 is 1.06 bits per heavy atom. The van der Waals surface area contributed by atoms with Crippen LogP contribution in [0.15, 0.2) is 0 Å². The molecule has 0 aliphatic heterocycles. The van der Waals surface area contributed by atoms with E-state index < -0.39 is 30.7 Å². The third kappa shape index (κ3) is 3.48. The maximum atomic E-state index is 12.9. The Balaban J connectivity index is 4.74. The highest BCUT2D eigenvalue weighted by Gasteiger charge is 2.74. The second-order valence-electron chi connectivity index (χ2n) is 3.68. The molecule has 0 aliphatic carbocycles. The number of rotatable bonds is 8. The molecule has 0 aromatic carbocycles. The zero-order chi connectivity index (χ0) is 14.6. The molecule has 0 spiro atoms. The fraction of sp³-hybridized carbons (Fsp3) is 1.00. The maximum absolute atomic E-state index is 12.9. The zero-order valence-corrected chi connectivity index (χ0v) is 9.48. The van der Waals surface area contributed by atoms with Gasteiger partial charge < -0.3 is 14.9 Å². The number of halogens is 6. The Bertz CT molecular complexity index is 257. The summed E-state index contributed by atoms with van der Waals surface area (Å²) >= 11 is 0. The first-order valence-corrected chi connectivity index (χ1v) is 5.08. The number of hydrogen-bond donors (Lipinski definition) is 2. The van der Waals surface area contributed by atoms with Gasteiger partial charge in [-0.1, -0.05) is 13.3 Å². The van der Waals surface area contributed by atoms with Gasteiger partial charge >= 0.3 is 17.8 Å². The standard InChI is InChI=1S/C9H14F6O3/c1-2-3-4-18-5-7(10,11)9(14,15)8(12,13)6(16)17/h6,16-17H,2-5H2,1H3. The molecule has 0 aliphatic rings. The molecule has 0 amide bonds. The highest BCUT2D eigenvalue weighted by atomic mass is 19.3. The van der Waals surface area contributed by atoms with Crippen molar-refractivity contribution in [2.45, 2.75) is 43.8 Å². The van der Waals surface area contributed by atoms with Crippen LogP contribution < -0.4 is 0 Å². The Hall–Kier alpha value is -0.540. The molecule has 0 unspecified atom stereocenters. The van der Waals surface area contributed by atoms with E-state index in [-0.39, 0.29) is 6.61 Å². The monoisotopic (exact) mass is 284 g/mol. The third-order valence-electron chi connectivity index (χ3n) is 2.13. The molecule has 0 saturated carbocycles. The lowest BCUT2D eigenvalue weighted by molar-refractivity contribution is -0.366.